The van der Waals surface area contributed by atoms with E-state index in [1.54, 1.807) is 36.6 Å². The highest BCUT2D eigenvalue weighted by Crippen LogP contribution is 2.32. The summed E-state index contributed by atoms with van der Waals surface area (Å²) in [7, 11) is 1.56. The molecule has 5 heteroatoms. The van der Waals surface area contributed by atoms with Crippen LogP contribution < -0.4 is 10.2 Å². The van der Waals surface area contributed by atoms with E-state index in [1.807, 2.05) is 12.1 Å². The molecule has 4 aromatic rings. The van der Waals surface area contributed by atoms with Crippen molar-refractivity contribution in [3.8, 4) is 17.1 Å². The summed E-state index contributed by atoms with van der Waals surface area (Å²) in [5, 5.41) is 3.75. The van der Waals surface area contributed by atoms with Crippen molar-refractivity contribution in [1.82, 2.24) is 9.97 Å². The molecule has 0 aliphatic heterocycles. The van der Waals surface area contributed by atoms with Crippen molar-refractivity contribution in [2.45, 2.75) is 0 Å². The lowest BCUT2D eigenvalue weighted by Crippen LogP contribution is -2.04. The van der Waals surface area contributed by atoms with Crippen LogP contribution in [0.1, 0.15) is 0 Å². The maximum atomic E-state index is 12.3. The van der Waals surface area contributed by atoms with E-state index in [4.69, 9.17) is 4.74 Å². The van der Waals surface area contributed by atoms with Gasteiger partial charge in [-0.3, -0.25) is 4.79 Å². The van der Waals surface area contributed by atoms with Crippen molar-refractivity contribution < 1.29 is 4.74 Å². The zero-order valence-electron chi connectivity index (χ0n) is 11.8. The number of hydrogen-bond acceptors (Lipinski definition) is 4. The van der Waals surface area contributed by atoms with Crippen molar-refractivity contribution in [2.75, 3.05) is 7.11 Å². The topological polar surface area (TPSA) is 55.0 Å². The third-order valence-corrected chi connectivity index (χ3v) is 4.61. The molecule has 108 valence electrons. The van der Waals surface area contributed by atoms with Crippen molar-refractivity contribution in [3.63, 3.8) is 0 Å². The number of nitrogens with zero attached hydrogens (tertiary/aromatic N) is 1. The summed E-state index contributed by atoms with van der Waals surface area (Å²) in [6.07, 6.45) is 0. The Kier molecular flexibility index (Phi) is 2.94. The van der Waals surface area contributed by atoms with E-state index in [0.29, 0.717) is 16.9 Å². The van der Waals surface area contributed by atoms with Gasteiger partial charge in [-0.05, 0) is 12.1 Å². The molecule has 3 aromatic heterocycles. The van der Waals surface area contributed by atoms with Gasteiger partial charge in [0.2, 0.25) is 5.88 Å². The fourth-order valence-corrected chi connectivity index (χ4v) is 3.51. The zero-order valence-corrected chi connectivity index (χ0v) is 12.6. The minimum atomic E-state index is -0.0471. The van der Waals surface area contributed by atoms with Gasteiger partial charge in [-0.15, -0.1) is 11.3 Å². The SMILES string of the molecule is COc1ccc2c(=O)cc(-c3csc4ccccc34)[nH]c2n1. The van der Waals surface area contributed by atoms with Crippen molar-refractivity contribution in [3.05, 3.63) is 58.1 Å². The highest BCUT2D eigenvalue weighted by Gasteiger charge is 2.10. The molecular formula is C17H12N2O2S. The lowest BCUT2D eigenvalue weighted by atomic mass is 10.1. The Hall–Kier alpha value is -2.66. The fraction of sp³-hybridized carbons (Fsp3) is 0.0588. The molecular weight excluding hydrogens is 296 g/mol. The summed E-state index contributed by atoms with van der Waals surface area (Å²) in [5.41, 5.74) is 2.28. The molecule has 0 unspecified atom stereocenters. The molecule has 22 heavy (non-hydrogen) atoms. The standard InChI is InChI=1S/C17H12N2O2S/c1-21-16-7-6-11-14(20)8-13(18-17(11)19-16)12-9-22-15-5-3-2-4-10(12)15/h2-9H,1H3,(H,18,19,20). The van der Waals surface area contributed by atoms with Crippen molar-refractivity contribution in [1.29, 1.82) is 0 Å². The van der Waals surface area contributed by atoms with E-state index in [9.17, 15) is 4.79 Å². The van der Waals surface area contributed by atoms with Gasteiger partial charge in [-0.25, -0.2) is 0 Å². The molecule has 0 radical (unpaired) electrons. The quantitative estimate of drug-likeness (QED) is 0.612. The van der Waals surface area contributed by atoms with Crippen LogP contribution in [0.5, 0.6) is 5.88 Å². The molecule has 0 aliphatic rings. The van der Waals surface area contributed by atoms with Gasteiger partial charge < -0.3 is 9.72 Å². The van der Waals surface area contributed by atoms with Crippen LogP contribution in [0, 0.1) is 0 Å². The second kappa shape index (κ2) is 4.96. The Morgan fingerprint density at radius 1 is 1.14 bits per heavy atom. The van der Waals surface area contributed by atoms with Crippen LogP contribution in [0.2, 0.25) is 0 Å². The Morgan fingerprint density at radius 3 is 2.86 bits per heavy atom. The molecule has 1 N–H and O–H groups in total. The summed E-state index contributed by atoms with van der Waals surface area (Å²) < 4.78 is 6.32. The summed E-state index contributed by atoms with van der Waals surface area (Å²) in [4.78, 5) is 19.9. The number of fused-ring (bicyclic) bond motifs is 2. The molecule has 0 spiro atoms. The first-order chi connectivity index (χ1) is 10.8. The van der Waals surface area contributed by atoms with Gasteiger partial charge in [0.05, 0.1) is 18.2 Å². The normalized spacial score (nSPS) is 11.1. The van der Waals surface area contributed by atoms with Gasteiger partial charge in [0.1, 0.15) is 5.65 Å². The maximum absolute atomic E-state index is 12.3. The minimum Gasteiger partial charge on any atom is -0.481 e. The first kappa shape index (κ1) is 13.0. The lowest BCUT2D eigenvalue weighted by Gasteiger charge is -2.05. The Bertz CT molecular complexity index is 1050. The van der Waals surface area contributed by atoms with Gasteiger partial charge in [0.25, 0.3) is 0 Å². The highest BCUT2D eigenvalue weighted by molar-refractivity contribution is 7.17. The number of H-pyrrole nitrogens is 1. The molecule has 0 amide bonds. The Balaban J connectivity index is 2.01. The van der Waals surface area contributed by atoms with Crippen LogP contribution >= 0.6 is 11.3 Å². The van der Waals surface area contributed by atoms with Crippen LogP contribution in [0.25, 0.3) is 32.4 Å². The van der Waals surface area contributed by atoms with Gasteiger partial charge in [-0.1, -0.05) is 18.2 Å². The van der Waals surface area contributed by atoms with Gasteiger partial charge in [-0.2, -0.15) is 4.98 Å². The molecule has 0 aliphatic carbocycles. The number of aromatic amines is 1. The molecule has 3 heterocycles. The largest absolute Gasteiger partial charge is 0.481 e. The number of thiophene rings is 1. The molecule has 0 fully saturated rings. The molecule has 4 rings (SSSR count). The highest BCUT2D eigenvalue weighted by atomic mass is 32.1. The van der Waals surface area contributed by atoms with Crippen LogP contribution in [0.3, 0.4) is 0 Å². The average molecular weight is 308 g/mol. The number of pyridine rings is 2. The second-order valence-electron chi connectivity index (χ2n) is 4.94. The van der Waals surface area contributed by atoms with Crippen LogP contribution in [0.4, 0.5) is 0 Å². The number of benzene rings is 1. The van der Waals surface area contributed by atoms with E-state index in [0.717, 1.165) is 16.6 Å². The number of rotatable bonds is 2. The Morgan fingerprint density at radius 2 is 2.00 bits per heavy atom. The first-order valence-corrected chi connectivity index (χ1v) is 7.69. The molecule has 0 saturated carbocycles. The fourth-order valence-electron chi connectivity index (χ4n) is 2.55. The molecule has 4 nitrogen and oxygen atoms in total. The first-order valence-electron chi connectivity index (χ1n) is 6.81. The number of methoxy groups -OCH3 is 1. The lowest BCUT2D eigenvalue weighted by molar-refractivity contribution is 0.399. The van der Waals surface area contributed by atoms with E-state index in [1.165, 1.54) is 4.70 Å². The van der Waals surface area contributed by atoms with Crippen LogP contribution in [-0.2, 0) is 0 Å². The minimum absolute atomic E-state index is 0.0471. The summed E-state index contributed by atoms with van der Waals surface area (Å²) in [6, 6.07) is 13.2. The number of nitrogens with one attached hydrogen (secondary N) is 1. The van der Waals surface area contributed by atoms with Gasteiger partial charge >= 0.3 is 0 Å². The molecule has 0 atom stereocenters. The zero-order chi connectivity index (χ0) is 15.1. The summed E-state index contributed by atoms with van der Waals surface area (Å²) in [6.45, 7) is 0. The third kappa shape index (κ3) is 1.98. The summed E-state index contributed by atoms with van der Waals surface area (Å²) in [5.74, 6) is 0.482. The number of aromatic nitrogens is 2. The second-order valence-corrected chi connectivity index (χ2v) is 5.85. The smallest absolute Gasteiger partial charge is 0.214 e. The number of hydrogen-bond donors (Lipinski definition) is 1. The monoisotopic (exact) mass is 308 g/mol. The van der Waals surface area contributed by atoms with E-state index in [-0.39, 0.29) is 5.43 Å². The average Bonchev–Trinajstić information content (AvgIpc) is 2.98. The third-order valence-electron chi connectivity index (χ3n) is 3.64. The predicted molar refractivity (Wildman–Crippen MR) is 89.7 cm³/mol. The van der Waals surface area contributed by atoms with Gasteiger partial charge in [0, 0.05) is 33.2 Å². The Labute approximate surface area is 130 Å². The van der Waals surface area contributed by atoms with Crippen molar-refractivity contribution >= 4 is 32.5 Å². The maximum Gasteiger partial charge on any atom is 0.214 e. The summed E-state index contributed by atoms with van der Waals surface area (Å²) >= 11 is 1.66. The van der Waals surface area contributed by atoms with E-state index in [2.05, 4.69) is 27.5 Å². The van der Waals surface area contributed by atoms with Crippen molar-refractivity contribution in [2.24, 2.45) is 0 Å². The predicted octanol–water partition coefficient (Wildman–Crippen LogP) is 3.81. The van der Waals surface area contributed by atoms with Gasteiger partial charge in [0.15, 0.2) is 5.43 Å². The molecule has 0 bridgehead atoms. The number of ether oxygens (including phenoxy) is 1. The van der Waals surface area contributed by atoms with Crippen LogP contribution in [-0.4, -0.2) is 17.1 Å². The molecule has 0 saturated heterocycles. The molecule has 1 aromatic carbocycles. The van der Waals surface area contributed by atoms with E-state index >= 15 is 0 Å². The van der Waals surface area contributed by atoms with Crippen LogP contribution in [0.15, 0.2) is 52.6 Å². The van der Waals surface area contributed by atoms with E-state index < -0.39 is 0 Å².